The molecule has 2 aromatic rings. The van der Waals surface area contributed by atoms with E-state index in [4.69, 9.17) is 17.3 Å². The smallest absolute Gasteiger partial charge is 0.224 e. The molecule has 0 bridgehead atoms. The van der Waals surface area contributed by atoms with Gasteiger partial charge in [-0.1, -0.05) is 11.6 Å². The van der Waals surface area contributed by atoms with Crippen molar-refractivity contribution in [2.75, 3.05) is 16.8 Å². The second-order valence-electron chi connectivity index (χ2n) is 4.58. The summed E-state index contributed by atoms with van der Waals surface area (Å²) in [7, 11) is 0. The van der Waals surface area contributed by atoms with Crippen LogP contribution in [-0.4, -0.2) is 11.7 Å². The molecule has 0 heterocycles. The van der Waals surface area contributed by atoms with Crippen LogP contribution in [-0.2, 0) is 4.79 Å². The van der Waals surface area contributed by atoms with E-state index in [-0.39, 0.29) is 5.91 Å². The molecule has 0 atom stereocenters. The number of nitrogens with one attached hydrogen (secondary N) is 1. The Morgan fingerprint density at radius 2 is 1.76 bits per heavy atom. The first-order valence-electron chi connectivity index (χ1n) is 6.67. The average Bonchev–Trinajstić information content (AvgIpc) is 2.48. The van der Waals surface area contributed by atoms with Crippen molar-refractivity contribution in [2.45, 2.75) is 17.7 Å². The van der Waals surface area contributed by atoms with Crippen LogP contribution in [0.1, 0.15) is 12.8 Å². The lowest BCUT2D eigenvalue weighted by Gasteiger charge is -2.05. The Labute approximate surface area is 133 Å². The summed E-state index contributed by atoms with van der Waals surface area (Å²) >= 11 is 7.56. The lowest BCUT2D eigenvalue weighted by molar-refractivity contribution is -0.116. The Morgan fingerprint density at radius 1 is 1.10 bits per heavy atom. The average molecular weight is 321 g/mol. The van der Waals surface area contributed by atoms with Crippen LogP contribution in [0.4, 0.5) is 11.4 Å². The molecule has 0 fully saturated rings. The Kier molecular flexibility index (Phi) is 5.96. The van der Waals surface area contributed by atoms with Crippen molar-refractivity contribution >= 4 is 40.6 Å². The number of benzene rings is 2. The van der Waals surface area contributed by atoms with Crippen LogP contribution in [0.3, 0.4) is 0 Å². The minimum Gasteiger partial charge on any atom is -0.399 e. The summed E-state index contributed by atoms with van der Waals surface area (Å²) in [5.74, 6) is 0.924. The molecular formula is C16H17ClN2OS. The SMILES string of the molecule is Nc1ccc(NC(=O)CCCSc2ccc(Cl)cc2)cc1. The van der Waals surface area contributed by atoms with E-state index in [9.17, 15) is 4.79 Å². The monoisotopic (exact) mass is 320 g/mol. The van der Waals surface area contributed by atoms with E-state index in [1.165, 1.54) is 4.90 Å². The first-order chi connectivity index (χ1) is 10.1. The summed E-state index contributed by atoms with van der Waals surface area (Å²) in [6.45, 7) is 0. The molecule has 3 nitrogen and oxygen atoms in total. The molecule has 0 saturated carbocycles. The molecule has 0 aromatic heterocycles. The van der Waals surface area contributed by atoms with Gasteiger partial charge in [0.25, 0.3) is 0 Å². The Hall–Kier alpha value is -1.65. The predicted octanol–water partition coefficient (Wildman–Crippen LogP) is 4.43. The highest BCUT2D eigenvalue weighted by molar-refractivity contribution is 7.99. The van der Waals surface area contributed by atoms with E-state index >= 15 is 0 Å². The van der Waals surface area contributed by atoms with Gasteiger partial charge in [-0.05, 0) is 60.7 Å². The molecule has 0 radical (unpaired) electrons. The zero-order chi connectivity index (χ0) is 15.1. The second-order valence-corrected chi connectivity index (χ2v) is 6.18. The standard InChI is InChI=1S/C16H17ClN2OS/c17-12-3-9-15(10-4-12)21-11-1-2-16(20)19-14-7-5-13(18)6-8-14/h3-10H,1-2,11,18H2,(H,19,20). The lowest BCUT2D eigenvalue weighted by atomic mass is 10.2. The van der Waals surface area contributed by atoms with Gasteiger partial charge in [0.2, 0.25) is 5.91 Å². The second kappa shape index (κ2) is 7.96. The highest BCUT2D eigenvalue weighted by Crippen LogP contribution is 2.21. The van der Waals surface area contributed by atoms with Crippen molar-refractivity contribution in [3.8, 4) is 0 Å². The molecule has 0 aliphatic heterocycles. The summed E-state index contributed by atoms with van der Waals surface area (Å²) in [4.78, 5) is 12.9. The number of carbonyl (C=O) groups excluding carboxylic acids is 1. The van der Waals surface area contributed by atoms with E-state index in [2.05, 4.69) is 5.32 Å². The fourth-order valence-electron chi connectivity index (χ4n) is 1.74. The van der Waals surface area contributed by atoms with E-state index in [1.54, 1.807) is 36.0 Å². The summed E-state index contributed by atoms with van der Waals surface area (Å²) in [5.41, 5.74) is 7.06. The van der Waals surface area contributed by atoms with Crippen LogP contribution in [0, 0.1) is 0 Å². The number of amides is 1. The minimum absolute atomic E-state index is 0.0245. The maximum absolute atomic E-state index is 11.8. The van der Waals surface area contributed by atoms with E-state index in [0.717, 1.165) is 22.9 Å². The molecule has 5 heteroatoms. The minimum atomic E-state index is 0.0245. The first-order valence-corrected chi connectivity index (χ1v) is 8.03. The number of thioether (sulfide) groups is 1. The molecule has 2 aromatic carbocycles. The lowest BCUT2D eigenvalue weighted by Crippen LogP contribution is -2.11. The van der Waals surface area contributed by atoms with Gasteiger partial charge >= 0.3 is 0 Å². The fraction of sp³-hybridized carbons (Fsp3) is 0.188. The number of halogens is 1. The van der Waals surface area contributed by atoms with Crippen LogP contribution in [0.2, 0.25) is 5.02 Å². The van der Waals surface area contributed by atoms with Crippen LogP contribution in [0.15, 0.2) is 53.4 Å². The van der Waals surface area contributed by atoms with Crippen LogP contribution < -0.4 is 11.1 Å². The molecule has 0 aliphatic carbocycles. The highest BCUT2D eigenvalue weighted by atomic mass is 35.5. The third-order valence-corrected chi connectivity index (χ3v) is 4.18. The van der Waals surface area contributed by atoms with Gasteiger partial charge in [0.15, 0.2) is 0 Å². The Morgan fingerprint density at radius 3 is 2.43 bits per heavy atom. The maximum atomic E-state index is 11.8. The van der Waals surface area contributed by atoms with Crippen molar-refractivity contribution in [1.29, 1.82) is 0 Å². The van der Waals surface area contributed by atoms with E-state index in [0.29, 0.717) is 12.1 Å². The number of hydrogen-bond acceptors (Lipinski definition) is 3. The van der Waals surface area contributed by atoms with Gasteiger partial charge in [0.05, 0.1) is 0 Å². The topological polar surface area (TPSA) is 55.1 Å². The molecular weight excluding hydrogens is 304 g/mol. The van der Waals surface area contributed by atoms with E-state index in [1.807, 2.05) is 24.3 Å². The Bertz CT molecular complexity index is 584. The van der Waals surface area contributed by atoms with Gasteiger partial charge in [-0.2, -0.15) is 0 Å². The molecule has 1 amide bonds. The van der Waals surface area contributed by atoms with Crippen molar-refractivity contribution in [1.82, 2.24) is 0 Å². The van der Waals surface area contributed by atoms with Crippen LogP contribution >= 0.6 is 23.4 Å². The number of hydrogen-bond donors (Lipinski definition) is 2. The molecule has 0 spiro atoms. The molecule has 110 valence electrons. The molecule has 0 unspecified atom stereocenters. The van der Waals surface area contributed by atoms with Gasteiger partial charge in [0.1, 0.15) is 0 Å². The normalized spacial score (nSPS) is 10.3. The Balaban J connectivity index is 1.67. The number of nitrogens with two attached hydrogens (primary N) is 1. The zero-order valence-electron chi connectivity index (χ0n) is 11.5. The number of carbonyl (C=O) groups is 1. The third kappa shape index (κ3) is 5.69. The van der Waals surface area contributed by atoms with Gasteiger partial charge < -0.3 is 11.1 Å². The third-order valence-electron chi connectivity index (χ3n) is 2.82. The predicted molar refractivity (Wildman–Crippen MR) is 90.9 cm³/mol. The molecule has 0 aliphatic rings. The quantitative estimate of drug-likeness (QED) is 0.470. The summed E-state index contributed by atoms with van der Waals surface area (Å²) in [6.07, 6.45) is 1.33. The van der Waals surface area contributed by atoms with Gasteiger partial charge in [0, 0.05) is 27.7 Å². The van der Waals surface area contributed by atoms with Crippen LogP contribution in [0.25, 0.3) is 0 Å². The number of nitrogen functional groups attached to an aromatic ring is 1. The van der Waals surface area contributed by atoms with Gasteiger partial charge in [-0.25, -0.2) is 0 Å². The maximum Gasteiger partial charge on any atom is 0.224 e. The van der Waals surface area contributed by atoms with Crippen molar-refractivity contribution in [3.63, 3.8) is 0 Å². The van der Waals surface area contributed by atoms with Crippen molar-refractivity contribution < 1.29 is 4.79 Å². The van der Waals surface area contributed by atoms with Crippen molar-refractivity contribution in [3.05, 3.63) is 53.6 Å². The van der Waals surface area contributed by atoms with Gasteiger partial charge in [-0.3, -0.25) is 4.79 Å². The summed E-state index contributed by atoms with van der Waals surface area (Å²) < 4.78 is 0. The highest BCUT2D eigenvalue weighted by Gasteiger charge is 2.02. The molecule has 2 rings (SSSR count). The number of rotatable bonds is 6. The molecule has 21 heavy (non-hydrogen) atoms. The van der Waals surface area contributed by atoms with E-state index < -0.39 is 0 Å². The van der Waals surface area contributed by atoms with Crippen LogP contribution in [0.5, 0.6) is 0 Å². The fourth-order valence-corrected chi connectivity index (χ4v) is 2.72. The first kappa shape index (κ1) is 15.7. The van der Waals surface area contributed by atoms with Gasteiger partial charge in [-0.15, -0.1) is 11.8 Å². The summed E-state index contributed by atoms with van der Waals surface area (Å²) in [5, 5.41) is 3.59. The zero-order valence-corrected chi connectivity index (χ0v) is 13.1. The van der Waals surface area contributed by atoms with Crippen molar-refractivity contribution in [2.24, 2.45) is 0 Å². The summed E-state index contributed by atoms with van der Waals surface area (Å²) in [6, 6.07) is 14.9. The largest absolute Gasteiger partial charge is 0.399 e. The number of anilines is 2. The molecule has 3 N–H and O–H groups in total. The molecule has 0 saturated heterocycles.